The van der Waals surface area contributed by atoms with E-state index in [1.54, 1.807) is 0 Å². The Bertz CT molecular complexity index is 134. The average Bonchev–Trinajstić information content (AvgIpc) is 2.45. The quantitative estimate of drug-likeness (QED) is 0.593. The summed E-state index contributed by atoms with van der Waals surface area (Å²) >= 11 is 0. The van der Waals surface area contributed by atoms with Gasteiger partial charge in [0.05, 0.1) is 0 Å². The Morgan fingerprint density at radius 1 is 1.27 bits per heavy atom. The topological polar surface area (TPSA) is 40.5 Å². The molecule has 0 aromatic carbocycles. The molecule has 0 aliphatic heterocycles. The fourth-order valence-electron chi connectivity index (χ4n) is 1.99. The predicted molar refractivity (Wildman–Crippen MR) is 44.1 cm³/mol. The van der Waals surface area contributed by atoms with Crippen LogP contribution in [0.1, 0.15) is 12.8 Å². The van der Waals surface area contributed by atoms with E-state index >= 15 is 0 Å². The zero-order valence-electron chi connectivity index (χ0n) is 6.74. The number of allylic oxidation sites excluding steroid dienone is 1. The minimum Gasteiger partial charge on any atom is -0.396 e. The normalized spacial score (nSPS) is 37.5. The molecular weight excluding hydrogens is 140 g/mol. The first-order chi connectivity index (χ1) is 5.33. The van der Waals surface area contributed by atoms with Crippen molar-refractivity contribution in [2.24, 2.45) is 17.8 Å². The van der Waals surface area contributed by atoms with Crippen molar-refractivity contribution < 1.29 is 10.2 Å². The maximum atomic E-state index is 9.01. The molecule has 0 saturated heterocycles. The molecule has 0 amide bonds. The van der Waals surface area contributed by atoms with Gasteiger partial charge in [-0.15, -0.1) is 6.58 Å². The Hall–Kier alpha value is -0.340. The molecule has 0 heterocycles. The molecule has 1 aliphatic rings. The first kappa shape index (κ1) is 8.75. The van der Waals surface area contributed by atoms with E-state index in [9.17, 15) is 0 Å². The first-order valence-electron chi connectivity index (χ1n) is 4.17. The Labute approximate surface area is 67.6 Å². The highest BCUT2D eigenvalue weighted by atomic mass is 16.3. The number of aliphatic hydroxyl groups excluding tert-OH is 2. The fourth-order valence-corrected chi connectivity index (χ4v) is 1.99. The van der Waals surface area contributed by atoms with Crippen LogP contribution < -0.4 is 0 Å². The Morgan fingerprint density at radius 3 is 2.45 bits per heavy atom. The molecule has 1 saturated carbocycles. The first-order valence-corrected chi connectivity index (χ1v) is 4.17. The van der Waals surface area contributed by atoms with Gasteiger partial charge in [0.2, 0.25) is 0 Å². The van der Waals surface area contributed by atoms with Crippen LogP contribution in [0.4, 0.5) is 0 Å². The molecule has 2 N–H and O–H groups in total. The summed E-state index contributed by atoms with van der Waals surface area (Å²) in [5.74, 6) is 0.956. The van der Waals surface area contributed by atoms with Gasteiger partial charge < -0.3 is 10.2 Å². The van der Waals surface area contributed by atoms with Crippen LogP contribution in [0.3, 0.4) is 0 Å². The summed E-state index contributed by atoms with van der Waals surface area (Å²) < 4.78 is 0. The molecule has 11 heavy (non-hydrogen) atoms. The second-order valence-corrected chi connectivity index (χ2v) is 3.27. The van der Waals surface area contributed by atoms with Gasteiger partial charge >= 0.3 is 0 Å². The van der Waals surface area contributed by atoms with Gasteiger partial charge in [-0.25, -0.2) is 0 Å². The molecule has 1 aliphatic carbocycles. The zero-order chi connectivity index (χ0) is 8.27. The summed E-state index contributed by atoms with van der Waals surface area (Å²) in [4.78, 5) is 0. The molecule has 0 spiro atoms. The Morgan fingerprint density at radius 2 is 2.00 bits per heavy atom. The smallest absolute Gasteiger partial charge is 0.0468 e. The minimum atomic E-state index is 0.182. The van der Waals surface area contributed by atoms with Crippen molar-refractivity contribution in [2.45, 2.75) is 12.8 Å². The minimum absolute atomic E-state index is 0.182. The lowest BCUT2D eigenvalue weighted by Crippen LogP contribution is -2.20. The van der Waals surface area contributed by atoms with E-state index < -0.39 is 0 Å². The van der Waals surface area contributed by atoms with Crippen LogP contribution in [0.2, 0.25) is 0 Å². The van der Waals surface area contributed by atoms with E-state index in [0.717, 1.165) is 12.8 Å². The molecule has 1 fully saturated rings. The number of hydrogen-bond acceptors (Lipinski definition) is 2. The molecule has 0 bridgehead atoms. The van der Waals surface area contributed by atoms with Crippen LogP contribution in [-0.4, -0.2) is 23.4 Å². The largest absolute Gasteiger partial charge is 0.396 e. The number of hydrogen-bond donors (Lipinski definition) is 2. The monoisotopic (exact) mass is 156 g/mol. The van der Waals surface area contributed by atoms with Crippen molar-refractivity contribution >= 4 is 0 Å². The van der Waals surface area contributed by atoms with Gasteiger partial charge in [0.25, 0.3) is 0 Å². The lowest BCUT2D eigenvalue weighted by Gasteiger charge is -2.18. The van der Waals surface area contributed by atoms with E-state index in [-0.39, 0.29) is 19.1 Å². The molecule has 0 aromatic rings. The van der Waals surface area contributed by atoms with Crippen molar-refractivity contribution in [3.63, 3.8) is 0 Å². The van der Waals surface area contributed by atoms with Gasteiger partial charge in [-0.3, -0.25) is 0 Å². The number of rotatable bonds is 3. The highest BCUT2D eigenvalue weighted by molar-refractivity contribution is 4.93. The SMILES string of the molecule is C=C[C@@H]1CC[C@H](CO)[C@@H]1CO. The second kappa shape index (κ2) is 3.88. The average molecular weight is 156 g/mol. The summed E-state index contributed by atoms with van der Waals surface area (Å²) in [5.41, 5.74) is 0. The fraction of sp³-hybridized carbons (Fsp3) is 0.778. The summed E-state index contributed by atoms with van der Waals surface area (Å²) in [6.07, 6.45) is 3.99. The molecule has 2 nitrogen and oxygen atoms in total. The summed E-state index contributed by atoms with van der Waals surface area (Å²) in [6.45, 7) is 4.10. The molecule has 0 aromatic heterocycles. The highest BCUT2D eigenvalue weighted by Gasteiger charge is 2.32. The molecule has 64 valence electrons. The van der Waals surface area contributed by atoms with Gasteiger partial charge in [0.15, 0.2) is 0 Å². The van der Waals surface area contributed by atoms with Crippen molar-refractivity contribution in [3.05, 3.63) is 12.7 Å². The Balaban J connectivity index is 2.54. The third kappa shape index (κ3) is 1.63. The maximum absolute atomic E-state index is 9.01. The maximum Gasteiger partial charge on any atom is 0.0468 e. The van der Waals surface area contributed by atoms with E-state index in [2.05, 4.69) is 6.58 Å². The highest BCUT2D eigenvalue weighted by Crippen LogP contribution is 2.36. The van der Waals surface area contributed by atoms with Crippen LogP contribution in [0, 0.1) is 17.8 Å². The zero-order valence-corrected chi connectivity index (χ0v) is 6.74. The van der Waals surface area contributed by atoms with E-state index in [4.69, 9.17) is 10.2 Å². The summed E-state index contributed by atoms with van der Waals surface area (Å²) in [7, 11) is 0. The lowest BCUT2D eigenvalue weighted by atomic mass is 9.91. The van der Waals surface area contributed by atoms with Gasteiger partial charge in [0, 0.05) is 13.2 Å². The van der Waals surface area contributed by atoms with Gasteiger partial charge in [-0.1, -0.05) is 6.08 Å². The third-order valence-electron chi connectivity index (χ3n) is 2.77. The third-order valence-corrected chi connectivity index (χ3v) is 2.77. The molecule has 1 rings (SSSR count). The van der Waals surface area contributed by atoms with Crippen molar-refractivity contribution in [3.8, 4) is 0 Å². The molecule has 3 atom stereocenters. The second-order valence-electron chi connectivity index (χ2n) is 3.27. The van der Waals surface area contributed by atoms with Crippen LogP contribution in [0.15, 0.2) is 12.7 Å². The molecule has 0 unspecified atom stereocenters. The van der Waals surface area contributed by atoms with Crippen LogP contribution in [0.5, 0.6) is 0 Å². The molecule has 2 heteroatoms. The van der Waals surface area contributed by atoms with Crippen LogP contribution in [0.25, 0.3) is 0 Å². The summed E-state index contributed by atoms with van der Waals surface area (Å²) in [5, 5.41) is 17.9. The van der Waals surface area contributed by atoms with Crippen LogP contribution in [-0.2, 0) is 0 Å². The standard InChI is InChI=1S/C9H16O2/c1-2-7-3-4-8(5-10)9(7)6-11/h2,7-11H,1,3-6H2/t7-,8-,9-/m1/s1. The molecule has 0 radical (unpaired) electrons. The van der Waals surface area contributed by atoms with E-state index in [0.29, 0.717) is 11.8 Å². The van der Waals surface area contributed by atoms with Crippen LogP contribution >= 0.6 is 0 Å². The lowest BCUT2D eigenvalue weighted by molar-refractivity contribution is 0.128. The predicted octanol–water partition coefficient (Wildman–Crippen LogP) is 0.799. The molecular formula is C9H16O2. The van der Waals surface area contributed by atoms with Gasteiger partial charge in [-0.05, 0) is 30.6 Å². The van der Waals surface area contributed by atoms with Gasteiger partial charge in [-0.2, -0.15) is 0 Å². The summed E-state index contributed by atoms with van der Waals surface area (Å²) in [6, 6.07) is 0. The van der Waals surface area contributed by atoms with E-state index in [1.165, 1.54) is 0 Å². The Kier molecular flexibility index (Phi) is 3.09. The van der Waals surface area contributed by atoms with Gasteiger partial charge in [0.1, 0.15) is 0 Å². The number of aliphatic hydroxyl groups is 2. The van der Waals surface area contributed by atoms with Crippen molar-refractivity contribution in [1.82, 2.24) is 0 Å². The van der Waals surface area contributed by atoms with Crippen molar-refractivity contribution in [2.75, 3.05) is 13.2 Å². The van der Waals surface area contributed by atoms with Crippen molar-refractivity contribution in [1.29, 1.82) is 0 Å². The van der Waals surface area contributed by atoms with E-state index in [1.807, 2.05) is 6.08 Å².